The number of furan rings is 1. The third-order valence-electron chi connectivity index (χ3n) is 2.79. The van der Waals surface area contributed by atoms with Gasteiger partial charge in [-0.15, -0.1) is 0 Å². The lowest BCUT2D eigenvalue weighted by molar-refractivity contribution is -0.118. The number of aryl methyl sites for hydroxylation is 1. The largest absolute Gasteiger partial charge is 0.478 e. The topological polar surface area (TPSA) is 91.9 Å². The highest BCUT2D eigenvalue weighted by Crippen LogP contribution is 2.26. The standard InChI is InChI=1S/C15H14N2O4/c1-9-3-4-11(15(19)20)7-13(9)14-6-5-12(21-14)8-16-17-10(2)18/h3-8H,1-2H3,(H,17,18)(H,19,20)/b16-8-. The van der Waals surface area contributed by atoms with E-state index in [2.05, 4.69) is 10.5 Å². The van der Waals surface area contributed by atoms with E-state index in [0.717, 1.165) is 5.56 Å². The van der Waals surface area contributed by atoms with Gasteiger partial charge in [0.25, 0.3) is 0 Å². The van der Waals surface area contributed by atoms with Crippen LogP contribution in [0, 0.1) is 6.92 Å². The van der Waals surface area contributed by atoms with Crippen molar-refractivity contribution < 1.29 is 19.1 Å². The zero-order valence-corrected chi connectivity index (χ0v) is 11.6. The Morgan fingerprint density at radius 3 is 2.71 bits per heavy atom. The molecule has 1 aromatic heterocycles. The van der Waals surface area contributed by atoms with Gasteiger partial charge in [-0.05, 0) is 36.8 Å². The first-order valence-electron chi connectivity index (χ1n) is 6.21. The number of hydrogen-bond acceptors (Lipinski definition) is 4. The first kappa shape index (κ1) is 14.5. The Kier molecular flexibility index (Phi) is 4.18. The molecule has 6 heteroatoms. The van der Waals surface area contributed by atoms with Gasteiger partial charge < -0.3 is 9.52 Å². The Morgan fingerprint density at radius 2 is 2.05 bits per heavy atom. The first-order valence-corrected chi connectivity index (χ1v) is 6.21. The van der Waals surface area contributed by atoms with Crippen molar-refractivity contribution in [3.8, 4) is 11.3 Å². The summed E-state index contributed by atoms with van der Waals surface area (Å²) in [4.78, 5) is 21.7. The number of benzene rings is 1. The Morgan fingerprint density at radius 1 is 1.29 bits per heavy atom. The fraction of sp³-hybridized carbons (Fsp3) is 0.133. The average molecular weight is 286 g/mol. The minimum Gasteiger partial charge on any atom is -0.478 e. The summed E-state index contributed by atoms with van der Waals surface area (Å²) in [5, 5.41) is 12.7. The highest BCUT2D eigenvalue weighted by molar-refractivity contribution is 5.89. The molecular formula is C15H14N2O4. The number of carbonyl (C=O) groups excluding carboxylic acids is 1. The van der Waals surface area contributed by atoms with Gasteiger partial charge in [-0.2, -0.15) is 5.10 Å². The molecule has 2 N–H and O–H groups in total. The van der Waals surface area contributed by atoms with Crippen molar-refractivity contribution in [2.75, 3.05) is 0 Å². The molecule has 0 unspecified atom stereocenters. The number of hydrogen-bond donors (Lipinski definition) is 2. The zero-order valence-electron chi connectivity index (χ0n) is 11.6. The zero-order chi connectivity index (χ0) is 15.4. The van der Waals surface area contributed by atoms with Crippen molar-refractivity contribution in [3.05, 3.63) is 47.2 Å². The molecule has 21 heavy (non-hydrogen) atoms. The SMILES string of the molecule is CC(=O)N/N=C\c1ccc(-c2cc(C(=O)O)ccc2C)o1. The van der Waals surface area contributed by atoms with Crippen LogP contribution in [-0.4, -0.2) is 23.2 Å². The maximum absolute atomic E-state index is 11.0. The molecule has 1 aromatic carbocycles. The Labute approximate surface area is 121 Å². The predicted molar refractivity (Wildman–Crippen MR) is 77.3 cm³/mol. The van der Waals surface area contributed by atoms with Gasteiger partial charge >= 0.3 is 5.97 Å². The molecule has 1 heterocycles. The number of amides is 1. The van der Waals surface area contributed by atoms with Gasteiger partial charge in [-0.3, -0.25) is 4.79 Å². The van der Waals surface area contributed by atoms with Gasteiger partial charge in [0.15, 0.2) is 0 Å². The number of hydrazone groups is 1. The van der Waals surface area contributed by atoms with Crippen molar-refractivity contribution in [2.24, 2.45) is 5.10 Å². The summed E-state index contributed by atoms with van der Waals surface area (Å²) < 4.78 is 5.57. The molecule has 0 radical (unpaired) electrons. The molecule has 108 valence electrons. The van der Waals surface area contributed by atoms with Gasteiger partial charge in [-0.25, -0.2) is 10.2 Å². The summed E-state index contributed by atoms with van der Waals surface area (Å²) in [6.45, 7) is 3.22. The lowest BCUT2D eigenvalue weighted by Gasteiger charge is -2.04. The smallest absolute Gasteiger partial charge is 0.335 e. The van der Waals surface area contributed by atoms with Gasteiger partial charge in [-0.1, -0.05) is 6.07 Å². The van der Waals surface area contributed by atoms with E-state index >= 15 is 0 Å². The minimum atomic E-state index is -0.991. The fourth-order valence-corrected chi connectivity index (χ4v) is 1.77. The molecule has 1 amide bonds. The van der Waals surface area contributed by atoms with E-state index in [-0.39, 0.29) is 11.5 Å². The maximum Gasteiger partial charge on any atom is 0.335 e. The molecule has 0 fully saturated rings. The van der Waals surface area contributed by atoms with E-state index in [0.29, 0.717) is 17.1 Å². The van der Waals surface area contributed by atoms with Crippen LogP contribution in [0.1, 0.15) is 28.6 Å². The van der Waals surface area contributed by atoms with Crippen LogP contribution in [0.4, 0.5) is 0 Å². The highest BCUT2D eigenvalue weighted by Gasteiger charge is 2.10. The monoisotopic (exact) mass is 286 g/mol. The summed E-state index contributed by atoms with van der Waals surface area (Å²) in [7, 11) is 0. The lowest BCUT2D eigenvalue weighted by atomic mass is 10.0. The summed E-state index contributed by atoms with van der Waals surface area (Å²) in [5.74, 6) is -0.267. The van der Waals surface area contributed by atoms with Gasteiger partial charge in [0.1, 0.15) is 11.5 Å². The van der Waals surface area contributed by atoms with Crippen LogP contribution in [0.25, 0.3) is 11.3 Å². The van der Waals surface area contributed by atoms with Crippen LogP contribution in [0.15, 0.2) is 39.9 Å². The van der Waals surface area contributed by atoms with Crippen LogP contribution in [-0.2, 0) is 4.79 Å². The Hall–Kier alpha value is -2.89. The summed E-state index contributed by atoms with van der Waals surface area (Å²) in [6, 6.07) is 8.25. The lowest BCUT2D eigenvalue weighted by Crippen LogP contribution is -2.12. The van der Waals surface area contributed by atoms with Gasteiger partial charge in [0, 0.05) is 12.5 Å². The summed E-state index contributed by atoms with van der Waals surface area (Å²) in [6.07, 6.45) is 1.38. The van der Waals surface area contributed by atoms with Crippen LogP contribution in [0.3, 0.4) is 0 Å². The number of carbonyl (C=O) groups is 2. The van der Waals surface area contributed by atoms with Crippen molar-refractivity contribution in [3.63, 3.8) is 0 Å². The van der Waals surface area contributed by atoms with E-state index in [4.69, 9.17) is 9.52 Å². The summed E-state index contributed by atoms with van der Waals surface area (Å²) >= 11 is 0. The first-order chi connectivity index (χ1) is 9.97. The van der Waals surface area contributed by atoms with Crippen molar-refractivity contribution in [2.45, 2.75) is 13.8 Å². The molecule has 0 bridgehead atoms. The van der Waals surface area contributed by atoms with Gasteiger partial charge in [0.2, 0.25) is 5.91 Å². The van der Waals surface area contributed by atoms with Crippen LogP contribution < -0.4 is 5.43 Å². The van der Waals surface area contributed by atoms with E-state index in [9.17, 15) is 9.59 Å². The number of carboxylic acids is 1. The third-order valence-corrected chi connectivity index (χ3v) is 2.79. The van der Waals surface area contributed by atoms with Crippen LogP contribution in [0.2, 0.25) is 0 Å². The minimum absolute atomic E-state index is 0.195. The number of nitrogens with one attached hydrogen (secondary N) is 1. The molecule has 0 atom stereocenters. The molecule has 0 spiro atoms. The van der Waals surface area contributed by atoms with E-state index in [1.807, 2.05) is 6.92 Å². The quantitative estimate of drug-likeness (QED) is 0.667. The Balaban J connectivity index is 2.29. The highest BCUT2D eigenvalue weighted by atomic mass is 16.4. The van der Waals surface area contributed by atoms with Crippen molar-refractivity contribution in [1.82, 2.24) is 5.43 Å². The number of aromatic carboxylic acids is 1. The van der Waals surface area contributed by atoms with E-state index < -0.39 is 5.97 Å². The van der Waals surface area contributed by atoms with Crippen LogP contribution >= 0.6 is 0 Å². The maximum atomic E-state index is 11.0. The van der Waals surface area contributed by atoms with Gasteiger partial charge in [0.05, 0.1) is 11.8 Å². The van der Waals surface area contributed by atoms with E-state index in [1.54, 1.807) is 30.3 Å². The molecule has 0 aliphatic heterocycles. The molecule has 0 saturated carbocycles. The molecule has 0 aliphatic carbocycles. The number of carboxylic acid groups (broad SMARTS) is 1. The average Bonchev–Trinajstić information content (AvgIpc) is 2.87. The Bertz CT molecular complexity index is 716. The van der Waals surface area contributed by atoms with Crippen molar-refractivity contribution >= 4 is 18.1 Å². The third kappa shape index (κ3) is 3.56. The second-order valence-electron chi connectivity index (χ2n) is 4.46. The van der Waals surface area contributed by atoms with E-state index in [1.165, 1.54) is 13.1 Å². The second-order valence-corrected chi connectivity index (χ2v) is 4.46. The molecule has 0 aliphatic rings. The van der Waals surface area contributed by atoms with Crippen molar-refractivity contribution in [1.29, 1.82) is 0 Å². The molecule has 2 aromatic rings. The predicted octanol–water partition coefficient (Wildman–Crippen LogP) is 2.42. The molecule has 6 nitrogen and oxygen atoms in total. The summed E-state index contributed by atoms with van der Waals surface area (Å²) in [5.41, 5.74) is 4.07. The molecule has 2 rings (SSSR count). The normalized spacial score (nSPS) is 10.8. The van der Waals surface area contributed by atoms with Crippen LogP contribution in [0.5, 0.6) is 0 Å². The number of nitrogens with zero attached hydrogens (tertiary/aromatic N) is 1. The number of rotatable bonds is 4. The second kappa shape index (κ2) is 6.04. The molecular weight excluding hydrogens is 272 g/mol. The fourth-order valence-electron chi connectivity index (χ4n) is 1.77. The molecule has 0 saturated heterocycles.